The van der Waals surface area contributed by atoms with Crippen LogP contribution in [-0.4, -0.2) is 33.0 Å². The average Bonchev–Trinajstić information content (AvgIpc) is 3.05. The summed E-state index contributed by atoms with van der Waals surface area (Å²) in [5.74, 6) is 1.04. The van der Waals surface area contributed by atoms with Crippen molar-refractivity contribution >= 4 is 11.5 Å². The number of nitrogens with one attached hydrogen (secondary N) is 1. The highest BCUT2D eigenvalue weighted by molar-refractivity contribution is 5.80. The number of aliphatic hydroxyl groups excluding tert-OH is 1. The minimum Gasteiger partial charge on any atom is -0.508 e. The van der Waals surface area contributed by atoms with E-state index in [1.54, 1.807) is 18.5 Å². The number of phenols is 1. The van der Waals surface area contributed by atoms with Crippen LogP contribution >= 0.6 is 0 Å². The Balaban J connectivity index is 1.27. The van der Waals surface area contributed by atoms with Crippen molar-refractivity contribution in [1.29, 1.82) is 0 Å². The standard InChI is InChI=1S/C37H38N4O4/c1-23-3-6-27(7-4-23)32-21-41(20-25-13-15-45-16-14-25)22-33(35(32)43)37(44)40-30-11-9-26(10-12-30)31-17-29(19-39-36(31)38)28-8-5-24(2)34(42)18-28/h3-12,17-19,21-22,25,37,40,42,44H,13-16,20H2,1-2H3,(H2,38,39)/t37-/m0/s1. The first-order chi connectivity index (χ1) is 21.7. The van der Waals surface area contributed by atoms with E-state index in [2.05, 4.69) is 10.3 Å². The highest BCUT2D eigenvalue weighted by Gasteiger charge is 2.20. The van der Waals surface area contributed by atoms with Crippen molar-refractivity contribution in [3.8, 4) is 39.1 Å². The highest BCUT2D eigenvalue weighted by atomic mass is 16.5. The van der Waals surface area contributed by atoms with Gasteiger partial charge in [-0.2, -0.15) is 0 Å². The van der Waals surface area contributed by atoms with Gasteiger partial charge in [-0.1, -0.05) is 54.1 Å². The fraction of sp³-hybridized carbons (Fsp3) is 0.243. The number of aryl methyl sites for hydroxylation is 2. The van der Waals surface area contributed by atoms with E-state index in [9.17, 15) is 15.0 Å². The number of benzene rings is 3. The molecular formula is C37H38N4O4. The van der Waals surface area contributed by atoms with Crippen molar-refractivity contribution in [3.05, 3.63) is 118 Å². The number of hydrogen-bond acceptors (Lipinski definition) is 7. The molecule has 1 atom stereocenters. The Morgan fingerprint density at radius 1 is 0.911 bits per heavy atom. The summed E-state index contributed by atoms with van der Waals surface area (Å²) in [6.45, 7) is 6.09. The van der Waals surface area contributed by atoms with Gasteiger partial charge >= 0.3 is 0 Å². The number of ether oxygens (including phenoxy) is 1. The lowest BCUT2D eigenvalue weighted by molar-refractivity contribution is 0.0611. The molecule has 230 valence electrons. The van der Waals surface area contributed by atoms with E-state index < -0.39 is 6.23 Å². The summed E-state index contributed by atoms with van der Waals surface area (Å²) in [4.78, 5) is 18.1. The summed E-state index contributed by atoms with van der Waals surface area (Å²) >= 11 is 0. The molecule has 0 aliphatic carbocycles. The van der Waals surface area contributed by atoms with Gasteiger partial charge in [0.15, 0.2) is 11.7 Å². The quantitative estimate of drug-likeness (QED) is 0.146. The molecule has 8 nitrogen and oxygen atoms in total. The van der Waals surface area contributed by atoms with Crippen molar-refractivity contribution in [3.63, 3.8) is 0 Å². The predicted octanol–water partition coefficient (Wildman–Crippen LogP) is 6.68. The molecular weight excluding hydrogens is 564 g/mol. The van der Waals surface area contributed by atoms with E-state index >= 15 is 0 Å². The third kappa shape index (κ3) is 6.77. The van der Waals surface area contributed by atoms with E-state index in [-0.39, 0.29) is 16.7 Å². The molecule has 0 saturated carbocycles. The molecule has 2 aromatic heterocycles. The molecule has 0 unspecified atom stereocenters. The Kier molecular flexibility index (Phi) is 8.69. The normalized spacial score (nSPS) is 14.3. The van der Waals surface area contributed by atoms with Gasteiger partial charge in [-0.05, 0) is 79.1 Å². The van der Waals surface area contributed by atoms with Gasteiger partial charge in [-0.3, -0.25) is 4.79 Å². The van der Waals surface area contributed by atoms with E-state index in [1.165, 1.54) is 0 Å². The van der Waals surface area contributed by atoms with E-state index in [1.807, 2.05) is 91.3 Å². The van der Waals surface area contributed by atoms with Gasteiger partial charge in [-0.25, -0.2) is 4.98 Å². The molecule has 5 N–H and O–H groups in total. The zero-order valence-corrected chi connectivity index (χ0v) is 25.5. The second-order valence-electron chi connectivity index (χ2n) is 11.9. The van der Waals surface area contributed by atoms with Gasteiger partial charge in [0.1, 0.15) is 11.6 Å². The summed E-state index contributed by atoms with van der Waals surface area (Å²) in [5, 5.41) is 24.6. The van der Waals surface area contributed by atoms with Crippen LogP contribution in [0, 0.1) is 19.8 Å². The Hall–Kier alpha value is -4.92. The van der Waals surface area contributed by atoms with E-state index in [4.69, 9.17) is 10.5 Å². The number of aromatic nitrogens is 2. The largest absolute Gasteiger partial charge is 0.508 e. The number of rotatable bonds is 8. The van der Waals surface area contributed by atoms with Crippen molar-refractivity contribution in [2.75, 3.05) is 24.3 Å². The topological polar surface area (TPSA) is 123 Å². The first-order valence-electron chi connectivity index (χ1n) is 15.2. The maximum atomic E-state index is 13.7. The van der Waals surface area contributed by atoms with Gasteiger partial charge in [-0.15, -0.1) is 0 Å². The van der Waals surface area contributed by atoms with E-state index in [0.29, 0.717) is 23.0 Å². The van der Waals surface area contributed by atoms with Crippen molar-refractivity contribution < 1.29 is 14.9 Å². The summed E-state index contributed by atoms with van der Waals surface area (Å²) < 4.78 is 7.57. The molecule has 0 bridgehead atoms. The Morgan fingerprint density at radius 3 is 2.29 bits per heavy atom. The summed E-state index contributed by atoms with van der Waals surface area (Å²) in [6, 6.07) is 22.8. The lowest BCUT2D eigenvalue weighted by Gasteiger charge is -2.24. The molecule has 1 aliphatic rings. The summed E-state index contributed by atoms with van der Waals surface area (Å²) in [5.41, 5.74) is 13.5. The Bertz CT molecular complexity index is 1860. The number of aromatic hydroxyl groups is 1. The molecule has 1 saturated heterocycles. The SMILES string of the molecule is Cc1ccc(-c2cn(CC3CCOCC3)cc([C@H](O)Nc3ccc(-c4cc(-c5ccc(C)c(O)c5)cnc4N)cc3)c2=O)cc1. The summed E-state index contributed by atoms with van der Waals surface area (Å²) in [6.07, 6.45) is 6.06. The third-order valence-electron chi connectivity index (χ3n) is 8.53. The first-order valence-corrected chi connectivity index (χ1v) is 15.2. The molecule has 5 aromatic rings. The number of hydrogen-bond donors (Lipinski definition) is 4. The van der Waals surface area contributed by atoms with Crippen LogP contribution in [0.2, 0.25) is 0 Å². The van der Waals surface area contributed by atoms with Crippen LogP contribution in [0.25, 0.3) is 33.4 Å². The third-order valence-corrected chi connectivity index (χ3v) is 8.53. The average molecular weight is 603 g/mol. The number of pyridine rings is 2. The number of nitrogens with zero attached hydrogens (tertiary/aromatic N) is 2. The second-order valence-corrected chi connectivity index (χ2v) is 11.9. The highest BCUT2D eigenvalue weighted by Crippen LogP contribution is 2.33. The minimum atomic E-state index is -1.22. The molecule has 1 fully saturated rings. The molecule has 0 radical (unpaired) electrons. The Labute approximate surface area is 262 Å². The van der Waals surface area contributed by atoms with Crippen LogP contribution in [0.3, 0.4) is 0 Å². The van der Waals surface area contributed by atoms with Gasteiger partial charge in [0, 0.05) is 60.7 Å². The fourth-order valence-electron chi connectivity index (χ4n) is 5.76. The molecule has 8 heteroatoms. The molecule has 0 spiro atoms. The van der Waals surface area contributed by atoms with Gasteiger partial charge in [0.05, 0.1) is 5.56 Å². The van der Waals surface area contributed by atoms with Crippen molar-refractivity contribution in [2.45, 2.75) is 39.5 Å². The van der Waals surface area contributed by atoms with Gasteiger partial charge < -0.3 is 30.6 Å². The smallest absolute Gasteiger partial charge is 0.197 e. The van der Waals surface area contributed by atoms with Crippen LogP contribution in [0.5, 0.6) is 5.75 Å². The molecule has 3 heterocycles. The number of phenolic OH excluding ortho intramolecular Hbond substituents is 1. The molecule has 6 rings (SSSR count). The molecule has 3 aromatic carbocycles. The maximum Gasteiger partial charge on any atom is 0.197 e. The molecule has 45 heavy (non-hydrogen) atoms. The Morgan fingerprint density at radius 2 is 1.58 bits per heavy atom. The lowest BCUT2D eigenvalue weighted by Crippen LogP contribution is -2.25. The predicted molar refractivity (Wildman–Crippen MR) is 179 cm³/mol. The zero-order valence-electron chi connectivity index (χ0n) is 25.5. The summed E-state index contributed by atoms with van der Waals surface area (Å²) in [7, 11) is 0. The number of nitrogen functional groups attached to an aromatic ring is 1. The number of nitrogens with two attached hydrogens (primary N) is 1. The maximum absolute atomic E-state index is 13.7. The lowest BCUT2D eigenvalue weighted by atomic mass is 9.99. The van der Waals surface area contributed by atoms with Crippen molar-refractivity contribution in [2.24, 2.45) is 5.92 Å². The van der Waals surface area contributed by atoms with Gasteiger partial charge in [0.25, 0.3) is 0 Å². The van der Waals surface area contributed by atoms with Crippen LogP contribution < -0.4 is 16.5 Å². The number of anilines is 2. The van der Waals surface area contributed by atoms with Crippen LogP contribution in [0.4, 0.5) is 11.5 Å². The zero-order chi connectivity index (χ0) is 31.5. The first kappa shape index (κ1) is 30.1. The molecule has 0 amide bonds. The van der Waals surface area contributed by atoms with Crippen LogP contribution in [0.15, 0.2) is 96.2 Å². The van der Waals surface area contributed by atoms with Gasteiger partial charge in [0.2, 0.25) is 0 Å². The monoisotopic (exact) mass is 602 g/mol. The minimum absolute atomic E-state index is 0.212. The van der Waals surface area contributed by atoms with Crippen LogP contribution in [-0.2, 0) is 11.3 Å². The fourth-order valence-corrected chi connectivity index (χ4v) is 5.76. The van der Waals surface area contributed by atoms with Crippen LogP contribution in [0.1, 0.15) is 35.8 Å². The van der Waals surface area contributed by atoms with E-state index in [0.717, 1.165) is 71.5 Å². The number of aliphatic hydroxyl groups is 1. The molecule has 1 aliphatic heterocycles. The second kappa shape index (κ2) is 13.0. The van der Waals surface area contributed by atoms with Crippen molar-refractivity contribution in [1.82, 2.24) is 9.55 Å².